The smallest absolute Gasteiger partial charge is 0.350 e. The van der Waals surface area contributed by atoms with Gasteiger partial charge in [-0.25, -0.2) is 9.78 Å². The highest BCUT2D eigenvalue weighted by Gasteiger charge is 2.19. The minimum absolute atomic E-state index is 0.113. The van der Waals surface area contributed by atoms with Crippen molar-refractivity contribution in [1.82, 2.24) is 19.7 Å². The number of esters is 1. The lowest BCUT2D eigenvalue weighted by Crippen LogP contribution is -2.14. The van der Waals surface area contributed by atoms with Crippen molar-refractivity contribution >= 4 is 51.9 Å². The summed E-state index contributed by atoms with van der Waals surface area (Å²) in [7, 11) is 1.31. The number of thiazole rings is 1. The van der Waals surface area contributed by atoms with E-state index in [1.807, 2.05) is 34.9 Å². The van der Waals surface area contributed by atoms with E-state index in [0.717, 1.165) is 27.7 Å². The molecule has 11 heteroatoms. The maximum absolute atomic E-state index is 12.6. The van der Waals surface area contributed by atoms with Crippen LogP contribution in [0.15, 0.2) is 64.6 Å². The molecule has 8 nitrogen and oxygen atoms in total. The number of hydrogen-bond acceptors (Lipinski definition) is 9. The molecule has 180 valence electrons. The molecule has 35 heavy (non-hydrogen) atoms. The zero-order valence-electron chi connectivity index (χ0n) is 19.3. The summed E-state index contributed by atoms with van der Waals surface area (Å²) in [5.74, 6) is 0.817. The normalized spacial score (nSPS) is 10.8. The second kappa shape index (κ2) is 11.5. The Kier molecular flexibility index (Phi) is 8.21. The van der Waals surface area contributed by atoms with E-state index in [-0.39, 0.29) is 11.7 Å². The van der Waals surface area contributed by atoms with Gasteiger partial charge in [0, 0.05) is 10.6 Å². The Labute approximate surface area is 215 Å². The van der Waals surface area contributed by atoms with Gasteiger partial charge in [-0.15, -0.1) is 22.0 Å². The summed E-state index contributed by atoms with van der Waals surface area (Å²) in [6.07, 6.45) is 0. The molecular formula is C24H23N5O3S3. The van der Waals surface area contributed by atoms with Crippen LogP contribution in [0.3, 0.4) is 0 Å². The van der Waals surface area contributed by atoms with Crippen molar-refractivity contribution in [3.63, 3.8) is 0 Å². The van der Waals surface area contributed by atoms with Crippen LogP contribution in [0.2, 0.25) is 0 Å². The van der Waals surface area contributed by atoms with E-state index in [9.17, 15) is 9.59 Å². The molecule has 2 heterocycles. The van der Waals surface area contributed by atoms with Crippen LogP contribution in [0, 0.1) is 13.8 Å². The Bertz CT molecular complexity index is 1320. The summed E-state index contributed by atoms with van der Waals surface area (Å²) in [5.41, 5.74) is 2.66. The number of nitrogens with one attached hydrogen (secondary N) is 1. The van der Waals surface area contributed by atoms with Crippen LogP contribution in [0.4, 0.5) is 5.13 Å². The van der Waals surface area contributed by atoms with Crippen LogP contribution in [-0.4, -0.2) is 44.5 Å². The first-order valence-electron chi connectivity index (χ1n) is 10.6. The molecule has 1 N–H and O–H groups in total. The number of ether oxygens (including phenoxy) is 1. The minimum Gasteiger partial charge on any atom is -0.465 e. The number of amides is 1. The number of para-hydroxylation sites is 1. The molecule has 0 bridgehead atoms. The first kappa shape index (κ1) is 25.0. The summed E-state index contributed by atoms with van der Waals surface area (Å²) in [4.78, 5) is 30.1. The molecule has 0 saturated heterocycles. The van der Waals surface area contributed by atoms with Crippen LogP contribution in [0.25, 0.3) is 5.69 Å². The van der Waals surface area contributed by atoms with Gasteiger partial charge < -0.3 is 10.1 Å². The van der Waals surface area contributed by atoms with Gasteiger partial charge in [-0.3, -0.25) is 9.36 Å². The fourth-order valence-electron chi connectivity index (χ4n) is 3.12. The molecule has 2 aromatic carbocycles. The molecule has 0 spiro atoms. The third-order valence-corrected chi connectivity index (χ3v) is 7.84. The quantitative estimate of drug-likeness (QED) is 0.237. The Morgan fingerprint density at radius 3 is 2.49 bits per heavy atom. The Balaban J connectivity index is 1.46. The van der Waals surface area contributed by atoms with E-state index < -0.39 is 5.97 Å². The van der Waals surface area contributed by atoms with Crippen LogP contribution in [0.1, 0.15) is 26.8 Å². The third-order valence-electron chi connectivity index (χ3n) is 4.85. The van der Waals surface area contributed by atoms with E-state index in [1.165, 1.54) is 24.4 Å². The lowest BCUT2D eigenvalue weighted by Gasteiger charge is -2.10. The molecule has 0 aliphatic rings. The second-order valence-electron chi connectivity index (χ2n) is 7.43. The summed E-state index contributed by atoms with van der Waals surface area (Å²) in [6.45, 7) is 3.76. The molecule has 0 radical (unpaired) electrons. The maximum atomic E-state index is 12.6. The van der Waals surface area contributed by atoms with Crippen molar-refractivity contribution in [2.45, 2.75) is 29.7 Å². The van der Waals surface area contributed by atoms with E-state index in [2.05, 4.69) is 51.7 Å². The Morgan fingerprint density at radius 1 is 1.03 bits per heavy atom. The molecule has 1 amide bonds. The molecule has 0 atom stereocenters. The molecule has 0 aliphatic carbocycles. The van der Waals surface area contributed by atoms with Crippen molar-refractivity contribution in [3.8, 4) is 5.69 Å². The van der Waals surface area contributed by atoms with Crippen molar-refractivity contribution < 1.29 is 14.3 Å². The van der Waals surface area contributed by atoms with Gasteiger partial charge in [-0.1, -0.05) is 59.0 Å². The molecule has 0 saturated carbocycles. The average Bonchev–Trinajstić information content (AvgIpc) is 3.45. The predicted octanol–water partition coefficient (Wildman–Crippen LogP) is 5.15. The Hall–Kier alpha value is -3.15. The number of carbonyl (C=O) groups is 2. The number of aromatic nitrogens is 4. The fourth-order valence-corrected chi connectivity index (χ4v) is 5.61. The maximum Gasteiger partial charge on any atom is 0.350 e. The average molecular weight is 526 g/mol. The van der Waals surface area contributed by atoms with E-state index in [4.69, 9.17) is 4.74 Å². The van der Waals surface area contributed by atoms with E-state index in [1.54, 1.807) is 18.7 Å². The van der Waals surface area contributed by atoms with Gasteiger partial charge in [-0.05, 0) is 38.1 Å². The predicted molar refractivity (Wildman–Crippen MR) is 140 cm³/mol. The number of hydrogen-bond donors (Lipinski definition) is 1. The van der Waals surface area contributed by atoms with Gasteiger partial charge in [-0.2, -0.15) is 0 Å². The number of carbonyl (C=O) groups excluding carboxylic acids is 2. The monoisotopic (exact) mass is 525 g/mol. The highest BCUT2D eigenvalue weighted by atomic mass is 32.2. The lowest BCUT2D eigenvalue weighted by atomic mass is 10.2. The van der Waals surface area contributed by atoms with Crippen LogP contribution < -0.4 is 5.32 Å². The van der Waals surface area contributed by atoms with Crippen molar-refractivity contribution in [3.05, 3.63) is 76.6 Å². The fraction of sp³-hybridized carbons (Fsp3) is 0.208. The number of methoxy groups -OCH3 is 1. The zero-order chi connectivity index (χ0) is 24.8. The SMILES string of the molecule is COC(=O)c1sc(NC(=O)CSc2nnc(CSc3ccc(C)cc3)n2-c2ccccc2)nc1C. The number of benzene rings is 2. The Morgan fingerprint density at radius 2 is 1.77 bits per heavy atom. The van der Waals surface area contributed by atoms with Gasteiger partial charge in [0.25, 0.3) is 0 Å². The van der Waals surface area contributed by atoms with Crippen molar-refractivity contribution in [2.75, 3.05) is 18.2 Å². The van der Waals surface area contributed by atoms with Crippen LogP contribution >= 0.6 is 34.9 Å². The first-order valence-corrected chi connectivity index (χ1v) is 13.4. The molecule has 2 aromatic heterocycles. The largest absolute Gasteiger partial charge is 0.465 e. The number of rotatable bonds is 9. The van der Waals surface area contributed by atoms with Gasteiger partial charge in [0.15, 0.2) is 10.3 Å². The molecule has 0 aliphatic heterocycles. The summed E-state index contributed by atoms with van der Waals surface area (Å²) >= 11 is 4.06. The molecular weight excluding hydrogens is 502 g/mol. The standard InChI is InChI=1S/C24H23N5O3S3/c1-15-9-11-18(12-10-15)33-13-19-27-28-24(29(19)17-7-5-4-6-8-17)34-14-20(30)26-23-25-16(2)21(35-23)22(31)32-3/h4-12H,13-14H2,1-3H3,(H,25,26,30). The molecule has 0 unspecified atom stereocenters. The van der Waals surface area contributed by atoms with E-state index in [0.29, 0.717) is 26.6 Å². The molecule has 0 fully saturated rings. The number of thioether (sulfide) groups is 2. The third kappa shape index (κ3) is 6.30. The van der Waals surface area contributed by atoms with Crippen molar-refractivity contribution in [1.29, 1.82) is 0 Å². The summed E-state index contributed by atoms with van der Waals surface area (Å²) < 4.78 is 6.72. The summed E-state index contributed by atoms with van der Waals surface area (Å²) in [6, 6.07) is 18.2. The summed E-state index contributed by atoms with van der Waals surface area (Å²) in [5, 5.41) is 12.5. The minimum atomic E-state index is -0.470. The van der Waals surface area contributed by atoms with Crippen molar-refractivity contribution in [2.24, 2.45) is 0 Å². The van der Waals surface area contributed by atoms with Gasteiger partial charge in [0.05, 0.1) is 24.3 Å². The zero-order valence-corrected chi connectivity index (χ0v) is 21.8. The van der Waals surface area contributed by atoms with Crippen LogP contribution in [-0.2, 0) is 15.3 Å². The number of nitrogens with zero attached hydrogens (tertiary/aromatic N) is 4. The second-order valence-corrected chi connectivity index (χ2v) is 10.4. The number of aryl methyl sites for hydroxylation is 2. The molecule has 4 aromatic rings. The van der Waals surface area contributed by atoms with E-state index >= 15 is 0 Å². The van der Waals surface area contributed by atoms with Crippen LogP contribution in [0.5, 0.6) is 0 Å². The van der Waals surface area contributed by atoms with Gasteiger partial charge >= 0.3 is 5.97 Å². The first-order chi connectivity index (χ1) is 16.9. The number of anilines is 1. The topological polar surface area (TPSA) is 99.0 Å². The van der Waals surface area contributed by atoms with Gasteiger partial charge in [0.1, 0.15) is 10.7 Å². The highest BCUT2D eigenvalue weighted by Crippen LogP contribution is 2.28. The molecule has 4 rings (SSSR count). The highest BCUT2D eigenvalue weighted by molar-refractivity contribution is 7.99. The lowest BCUT2D eigenvalue weighted by molar-refractivity contribution is -0.113. The van der Waals surface area contributed by atoms with Gasteiger partial charge in [0.2, 0.25) is 5.91 Å².